The van der Waals surface area contributed by atoms with Crippen LogP contribution in [0.3, 0.4) is 0 Å². The van der Waals surface area contributed by atoms with Gasteiger partial charge in [0.2, 0.25) is 0 Å². The fourth-order valence-corrected chi connectivity index (χ4v) is 2.03. The first-order valence-corrected chi connectivity index (χ1v) is 6.47. The molecule has 0 aromatic carbocycles. The van der Waals surface area contributed by atoms with Crippen LogP contribution in [0.25, 0.3) is 5.65 Å². The number of nitrogen functional groups attached to an aromatic ring is 1. The zero-order chi connectivity index (χ0) is 14.8. The summed E-state index contributed by atoms with van der Waals surface area (Å²) in [7, 11) is 0. The molecule has 0 saturated carbocycles. The van der Waals surface area contributed by atoms with E-state index in [0.29, 0.717) is 17.2 Å². The molecule has 0 radical (unpaired) electrons. The van der Waals surface area contributed by atoms with Crippen molar-refractivity contribution >= 4 is 17.2 Å². The summed E-state index contributed by atoms with van der Waals surface area (Å²) in [6.07, 6.45) is 3.31. The first kappa shape index (κ1) is 13.0. The van der Waals surface area contributed by atoms with Crippen molar-refractivity contribution in [2.75, 3.05) is 5.73 Å². The molecule has 3 N–H and O–H groups in total. The van der Waals surface area contributed by atoms with Gasteiger partial charge in [-0.15, -0.1) is 10.2 Å². The zero-order valence-electron chi connectivity index (χ0n) is 11.4. The van der Waals surface area contributed by atoms with Crippen molar-refractivity contribution in [1.82, 2.24) is 24.9 Å². The van der Waals surface area contributed by atoms with Crippen LogP contribution in [0, 0.1) is 0 Å². The van der Waals surface area contributed by atoms with E-state index in [-0.39, 0.29) is 11.9 Å². The van der Waals surface area contributed by atoms with Gasteiger partial charge in [-0.25, -0.2) is 4.98 Å². The minimum absolute atomic E-state index is 0.282. The molecular formula is C14H14N6O. The molecular weight excluding hydrogens is 268 g/mol. The molecule has 0 bridgehead atoms. The number of nitrogens with two attached hydrogens (primary N) is 1. The number of hydrogen-bond acceptors (Lipinski definition) is 5. The molecule has 3 aromatic heterocycles. The van der Waals surface area contributed by atoms with E-state index >= 15 is 0 Å². The van der Waals surface area contributed by atoms with E-state index in [1.165, 1.54) is 6.20 Å². The van der Waals surface area contributed by atoms with E-state index in [0.717, 1.165) is 5.65 Å². The highest BCUT2D eigenvalue weighted by molar-refractivity contribution is 5.92. The molecule has 1 unspecified atom stereocenters. The second-order valence-corrected chi connectivity index (χ2v) is 4.66. The average molecular weight is 282 g/mol. The number of carbonyl (C=O) groups is 1. The molecule has 1 atom stereocenters. The topological polar surface area (TPSA) is 98.2 Å². The van der Waals surface area contributed by atoms with E-state index in [1.54, 1.807) is 12.1 Å². The van der Waals surface area contributed by atoms with Crippen molar-refractivity contribution in [3.63, 3.8) is 0 Å². The van der Waals surface area contributed by atoms with Crippen LogP contribution in [0.2, 0.25) is 0 Å². The van der Waals surface area contributed by atoms with Crippen LogP contribution in [-0.4, -0.2) is 25.5 Å². The summed E-state index contributed by atoms with van der Waals surface area (Å²) in [5.41, 5.74) is 7.11. The van der Waals surface area contributed by atoms with Crippen molar-refractivity contribution in [3.05, 3.63) is 54.2 Å². The normalized spacial score (nSPS) is 12.2. The summed E-state index contributed by atoms with van der Waals surface area (Å²) < 4.78 is 1.83. The van der Waals surface area contributed by atoms with Gasteiger partial charge < -0.3 is 11.1 Å². The third-order valence-corrected chi connectivity index (χ3v) is 3.09. The molecule has 3 aromatic rings. The molecule has 0 aliphatic carbocycles. The molecule has 7 heteroatoms. The summed E-state index contributed by atoms with van der Waals surface area (Å²) in [5, 5.41) is 11.0. The standard InChI is InChI=1S/C14H14N6O/c1-9(13-19-18-12-4-2-3-7-20(12)13)17-14(21)11-6-5-10(15)8-16-11/h2-9H,15H2,1H3,(H,17,21). The number of amides is 1. The summed E-state index contributed by atoms with van der Waals surface area (Å²) >= 11 is 0. The maximum absolute atomic E-state index is 12.1. The summed E-state index contributed by atoms with van der Waals surface area (Å²) in [6.45, 7) is 1.85. The fraction of sp³-hybridized carbons (Fsp3) is 0.143. The quantitative estimate of drug-likeness (QED) is 0.752. The number of anilines is 1. The third kappa shape index (κ3) is 2.53. The van der Waals surface area contributed by atoms with E-state index in [2.05, 4.69) is 20.5 Å². The number of nitrogens with zero attached hydrogens (tertiary/aromatic N) is 4. The number of hydrogen-bond donors (Lipinski definition) is 2. The first-order chi connectivity index (χ1) is 10.1. The van der Waals surface area contributed by atoms with Gasteiger partial charge in [-0.2, -0.15) is 0 Å². The highest BCUT2D eigenvalue weighted by atomic mass is 16.1. The fourth-order valence-electron chi connectivity index (χ4n) is 2.03. The van der Waals surface area contributed by atoms with Gasteiger partial charge in [0.1, 0.15) is 5.69 Å². The van der Waals surface area contributed by atoms with Gasteiger partial charge in [0.25, 0.3) is 5.91 Å². The molecule has 3 rings (SSSR count). The Balaban J connectivity index is 1.81. The molecule has 7 nitrogen and oxygen atoms in total. The van der Waals surface area contributed by atoms with Gasteiger partial charge >= 0.3 is 0 Å². The summed E-state index contributed by atoms with van der Waals surface area (Å²) in [4.78, 5) is 16.1. The van der Waals surface area contributed by atoms with Crippen LogP contribution in [0.4, 0.5) is 5.69 Å². The van der Waals surface area contributed by atoms with Crippen molar-refractivity contribution < 1.29 is 4.79 Å². The number of fused-ring (bicyclic) bond motifs is 1. The Morgan fingerprint density at radius 3 is 2.90 bits per heavy atom. The lowest BCUT2D eigenvalue weighted by Gasteiger charge is -2.12. The van der Waals surface area contributed by atoms with Crippen molar-refractivity contribution in [2.24, 2.45) is 0 Å². The molecule has 21 heavy (non-hydrogen) atoms. The zero-order valence-corrected chi connectivity index (χ0v) is 11.4. The van der Waals surface area contributed by atoms with E-state index < -0.39 is 0 Å². The Bertz CT molecular complexity index is 780. The molecule has 0 fully saturated rings. The van der Waals surface area contributed by atoms with Gasteiger partial charge in [-0.3, -0.25) is 9.20 Å². The van der Waals surface area contributed by atoms with Crippen LogP contribution in [0.1, 0.15) is 29.3 Å². The van der Waals surface area contributed by atoms with Gasteiger partial charge in [-0.1, -0.05) is 6.07 Å². The number of nitrogens with one attached hydrogen (secondary N) is 1. The molecule has 0 aliphatic rings. The minimum atomic E-state index is -0.297. The Morgan fingerprint density at radius 1 is 1.29 bits per heavy atom. The second-order valence-electron chi connectivity index (χ2n) is 4.66. The van der Waals surface area contributed by atoms with Gasteiger partial charge in [-0.05, 0) is 31.2 Å². The lowest BCUT2D eigenvalue weighted by Crippen LogP contribution is -2.28. The predicted molar refractivity (Wildman–Crippen MR) is 77.5 cm³/mol. The van der Waals surface area contributed by atoms with Crippen LogP contribution >= 0.6 is 0 Å². The second kappa shape index (κ2) is 5.20. The lowest BCUT2D eigenvalue weighted by atomic mass is 10.2. The largest absolute Gasteiger partial charge is 0.397 e. The first-order valence-electron chi connectivity index (χ1n) is 6.47. The monoisotopic (exact) mass is 282 g/mol. The lowest BCUT2D eigenvalue weighted by molar-refractivity contribution is 0.0933. The number of carbonyl (C=O) groups excluding carboxylic acids is 1. The van der Waals surface area contributed by atoms with E-state index in [1.807, 2.05) is 35.7 Å². The van der Waals surface area contributed by atoms with E-state index in [4.69, 9.17) is 5.73 Å². The predicted octanol–water partition coefficient (Wildman–Crippen LogP) is 1.20. The molecule has 106 valence electrons. The van der Waals surface area contributed by atoms with E-state index in [9.17, 15) is 4.79 Å². The van der Waals surface area contributed by atoms with Gasteiger partial charge in [0.15, 0.2) is 11.5 Å². The van der Waals surface area contributed by atoms with Crippen molar-refractivity contribution in [2.45, 2.75) is 13.0 Å². The number of aromatic nitrogens is 4. The van der Waals surface area contributed by atoms with Crippen LogP contribution < -0.4 is 11.1 Å². The smallest absolute Gasteiger partial charge is 0.270 e. The third-order valence-electron chi connectivity index (χ3n) is 3.09. The molecule has 1 amide bonds. The highest BCUT2D eigenvalue weighted by Crippen LogP contribution is 2.12. The maximum Gasteiger partial charge on any atom is 0.270 e. The molecule has 0 spiro atoms. The Hall–Kier alpha value is -2.96. The van der Waals surface area contributed by atoms with Crippen molar-refractivity contribution in [3.8, 4) is 0 Å². The Morgan fingerprint density at radius 2 is 2.14 bits per heavy atom. The van der Waals surface area contributed by atoms with Gasteiger partial charge in [0, 0.05) is 6.20 Å². The van der Waals surface area contributed by atoms with Crippen LogP contribution in [0.15, 0.2) is 42.7 Å². The average Bonchev–Trinajstić information content (AvgIpc) is 2.92. The molecule has 3 heterocycles. The molecule has 0 aliphatic heterocycles. The summed E-state index contributed by atoms with van der Waals surface area (Å²) in [5.74, 6) is 0.379. The van der Waals surface area contributed by atoms with Crippen LogP contribution in [0.5, 0.6) is 0 Å². The minimum Gasteiger partial charge on any atom is -0.397 e. The molecule has 0 saturated heterocycles. The Labute approximate surface area is 120 Å². The highest BCUT2D eigenvalue weighted by Gasteiger charge is 2.17. The maximum atomic E-state index is 12.1. The van der Waals surface area contributed by atoms with Crippen molar-refractivity contribution in [1.29, 1.82) is 0 Å². The number of rotatable bonds is 3. The number of pyridine rings is 2. The Kier molecular flexibility index (Phi) is 3.23. The van der Waals surface area contributed by atoms with Crippen LogP contribution in [-0.2, 0) is 0 Å². The summed E-state index contributed by atoms with van der Waals surface area (Å²) in [6, 6.07) is 8.55. The van der Waals surface area contributed by atoms with Gasteiger partial charge in [0.05, 0.1) is 17.9 Å². The SMILES string of the molecule is CC(NC(=O)c1ccc(N)cn1)c1nnc2ccccn12.